The van der Waals surface area contributed by atoms with Crippen molar-refractivity contribution in [3.05, 3.63) is 38.2 Å². The zero-order valence-electron chi connectivity index (χ0n) is 12.1. The van der Waals surface area contributed by atoms with E-state index in [2.05, 4.69) is 9.97 Å². The summed E-state index contributed by atoms with van der Waals surface area (Å²) in [5.41, 5.74) is -1.19. The van der Waals surface area contributed by atoms with Crippen LogP contribution in [0.1, 0.15) is 44.0 Å². The van der Waals surface area contributed by atoms with E-state index in [1.807, 2.05) is 0 Å². The van der Waals surface area contributed by atoms with Crippen LogP contribution in [0.3, 0.4) is 0 Å². The first-order chi connectivity index (χ1) is 10.3. The van der Waals surface area contributed by atoms with Crippen LogP contribution in [0.15, 0.2) is 20.1 Å². The van der Waals surface area contributed by atoms with E-state index >= 15 is 0 Å². The maximum atomic E-state index is 13.3. The Morgan fingerprint density at radius 2 is 2.14 bits per heavy atom. The highest BCUT2D eigenvalue weighted by Crippen LogP contribution is 2.31. The summed E-state index contributed by atoms with van der Waals surface area (Å²) in [7, 11) is 0. The summed E-state index contributed by atoms with van der Waals surface area (Å²) in [6, 6.07) is 1.25. The number of hydrogen-bond donors (Lipinski definition) is 1. The molecule has 118 valence electrons. The first kappa shape index (κ1) is 14.9. The normalized spacial score (nSPS) is 16.0. The van der Waals surface area contributed by atoms with Crippen molar-refractivity contribution in [2.45, 2.75) is 45.0 Å². The van der Waals surface area contributed by atoms with Gasteiger partial charge < -0.3 is 9.40 Å². The summed E-state index contributed by atoms with van der Waals surface area (Å²) >= 11 is 0. The second-order valence-electron chi connectivity index (χ2n) is 5.91. The minimum Gasteiger partial charge on any atom is -0.403 e. The fourth-order valence-corrected chi connectivity index (χ4v) is 2.69. The topological polar surface area (TPSA) is 76.0 Å². The van der Waals surface area contributed by atoms with Crippen LogP contribution in [0.25, 0.3) is 11.1 Å². The van der Waals surface area contributed by atoms with E-state index in [4.69, 9.17) is 4.42 Å². The average molecular weight is 310 g/mol. The first-order valence-corrected chi connectivity index (χ1v) is 7.30. The first-order valence-electron chi connectivity index (χ1n) is 7.30. The quantitative estimate of drug-likeness (QED) is 0.942. The maximum absolute atomic E-state index is 13.3. The van der Waals surface area contributed by atoms with Gasteiger partial charge in [0.1, 0.15) is 5.39 Å². The summed E-state index contributed by atoms with van der Waals surface area (Å²) in [6.07, 6.45) is 4.92. The van der Waals surface area contributed by atoms with Crippen LogP contribution in [0, 0.1) is 5.92 Å². The van der Waals surface area contributed by atoms with Gasteiger partial charge in [-0.25, -0.2) is 4.79 Å². The average Bonchev–Trinajstić information content (AvgIpc) is 2.34. The number of aromatic amines is 1. The lowest BCUT2D eigenvalue weighted by molar-refractivity contribution is 0.00758. The van der Waals surface area contributed by atoms with E-state index in [-0.39, 0.29) is 11.1 Å². The van der Waals surface area contributed by atoms with Crippen LogP contribution in [-0.2, 0) is 12.3 Å². The molecule has 0 saturated heterocycles. The molecule has 1 aliphatic carbocycles. The predicted octanol–water partition coefficient (Wildman–Crippen LogP) is 2.72. The molecule has 1 saturated carbocycles. The van der Waals surface area contributed by atoms with Gasteiger partial charge >= 0.3 is 11.5 Å². The number of H-pyrrole nitrogens is 1. The smallest absolute Gasteiger partial charge is 0.337 e. The van der Waals surface area contributed by atoms with Gasteiger partial charge in [0.2, 0.25) is 5.71 Å². The Hall–Kier alpha value is -2.05. The molecule has 2 aromatic heterocycles. The standard InChI is InChI=1S/C15H16F2N2O3/c1-15(16,17)14-18-12(21)11-9(6-5-8-3-2-4-8)7-10(20)22-13(11)19-14/h7-8H,2-6H2,1H3,(H,18,19,21). The lowest BCUT2D eigenvalue weighted by atomic mass is 9.81. The van der Waals surface area contributed by atoms with Crippen LogP contribution in [-0.4, -0.2) is 9.97 Å². The molecule has 0 atom stereocenters. The monoisotopic (exact) mass is 310 g/mol. The Morgan fingerprint density at radius 1 is 1.41 bits per heavy atom. The Labute approximate surface area is 124 Å². The van der Waals surface area contributed by atoms with Crippen LogP contribution in [0.2, 0.25) is 0 Å². The molecule has 0 unspecified atom stereocenters. The van der Waals surface area contributed by atoms with E-state index < -0.39 is 22.9 Å². The zero-order valence-corrected chi connectivity index (χ0v) is 12.1. The number of halogens is 2. The Bertz CT molecular complexity index is 816. The predicted molar refractivity (Wildman–Crippen MR) is 76.1 cm³/mol. The van der Waals surface area contributed by atoms with Gasteiger partial charge in [0.05, 0.1) is 0 Å². The van der Waals surface area contributed by atoms with Crippen LogP contribution >= 0.6 is 0 Å². The van der Waals surface area contributed by atoms with E-state index in [0.717, 1.165) is 19.3 Å². The largest absolute Gasteiger partial charge is 0.403 e. The molecule has 1 N–H and O–H groups in total. The van der Waals surface area contributed by atoms with Crippen molar-refractivity contribution < 1.29 is 13.2 Å². The third-order valence-corrected chi connectivity index (χ3v) is 4.16. The van der Waals surface area contributed by atoms with Crippen molar-refractivity contribution >= 4 is 11.1 Å². The highest BCUT2D eigenvalue weighted by molar-refractivity contribution is 5.75. The SMILES string of the molecule is CC(F)(F)c1nc2oc(=O)cc(CCC3CCC3)c2c(=O)[nH]1. The minimum absolute atomic E-state index is 0.0897. The number of aryl methyl sites for hydroxylation is 1. The van der Waals surface area contributed by atoms with E-state index in [9.17, 15) is 18.4 Å². The number of nitrogens with zero attached hydrogens (tertiary/aromatic N) is 1. The number of nitrogens with one attached hydrogen (secondary N) is 1. The molecule has 1 aliphatic rings. The van der Waals surface area contributed by atoms with Crippen molar-refractivity contribution in [1.29, 1.82) is 0 Å². The summed E-state index contributed by atoms with van der Waals surface area (Å²) in [5.74, 6) is -3.51. The molecule has 0 amide bonds. The van der Waals surface area contributed by atoms with Gasteiger partial charge in [-0.05, 0) is 24.3 Å². The van der Waals surface area contributed by atoms with E-state index in [0.29, 0.717) is 24.8 Å². The van der Waals surface area contributed by atoms with Gasteiger partial charge in [0.25, 0.3) is 5.56 Å². The molecule has 22 heavy (non-hydrogen) atoms. The van der Waals surface area contributed by atoms with Gasteiger partial charge in [0.15, 0.2) is 5.82 Å². The molecule has 0 radical (unpaired) electrons. The molecule has 0 bridgehead atoms. The molecule has 0 aromatic carbocycles. The molecule has 7 heteroatoms. The van der Waals surface area contributed by atoms with Gasteiger partial charge in [-0.15, -0.1) is 0 Å². The van der Waals surface area contributed by atoms with E-state index in [1.165, 1.54) is 12.5 Å². The van der Waals surface area contributed by atoms with Gasteiger partial charge in [0, 0.05) is 13.0 Å². The minimum atomic E-state index is -3.31. The number of alkyl halides is 2. The molecule has 1 fully saturated rings. The van der Waals surface area contributed by atoms with Crippen molar-refractivity contribution in [3.8, 4) is 0 Å². The van der Waals surface area contributed by atoms with Crippen LogP contribution < -0.4 is 11.2 Å². The summed E-state index contributed by atoms with van der Waals surface area (Å²) in [6.45, 7) is 0.621. The second-order valence-corrected chi connectivity index (χ2v) is 5.91. The van der Waals surface area contributed by atoms with Crippen molar-refractivity contribution in [2.24, 2.45) is 5.92 Å². The third-order valence-electron chi connectivity index (χ3n) is 4.16. The highest BCUT2D eigenvalue weighted by atomic mass is 19.3. The Balaban J connectivity index is 2.08. The number of aromatic nitrogens is 2. The third kappa shape index (κ3) is 2.80. The van der Waals surface area contributed by atoms with Crippen molar-refractivity contribution in [1.82, 2.24) is 9.97 Å². The summed E-state index contributed by atoms with van der Waals surface area (Å²) < 4.78 is 31.5. The lowest BCUT2D eigenvalue weighted by Gasteiger charge is -2.25. The molecular formula is C15H16F2N2O3. The maximum Gasteiger partial charge on any atom is 0.337 e. The van der Waals surface area contributed by atoms with Crippen molar-refractivity contribution in [3.63, 3.8) is 0 Å². The van der Waals surface area contributed by atoms with Gasteiger partial charge in [-0.3, -0.25) is 4.79 Å². The van der Waals surface area contributed by atoms with Crippen LogP contribution in [0.5, 0.6) is 0 Å². The van der Waals surface area contributed by atoms with Crippen molar-refractivity contribution in [2.75, 3.05) is 0 Å². The highest BCUT2D eigenvalue weighted by Gasteiger charge is 2.29. The summed E-state index contributed by atoms with van der Waals surface area (Å²) in [4.78, 5) is 29.4. The zero-order chi connectivity index (χ0) is 15.9. The fourth-order valence-electron chi connectivity index (χ4n) is 2.69. The molecule has 2 aromatic rings. The Morgan fingerprint density at radius 3 is 2.73 bits per heavy atom. The molecule has 2 heterocycles. The van der Waals surface area contributed by atoms with Gasteiger partial charge in [-0.1, -0.05) is 19.3 Å². The summed E-state index contributed by atoms with van der Waals surface area (Å²) in [5, 5.41) is 0.0897. The van der Waals surface area contributed by atoms with Crippen LogP contribution in [0.4, 0.5) is 8.78 Å². The number of rotatable bonds is 4. The number of hydrogen-bond acceptors (Lipinski definition) is 4. The fraction of sp³-hybridized carbons (Fsp3) is 0.533. The molecule has 0 aliphatic heterocycles. The molecule has 3 rings (SSSR count). The second kappa shape index (κ2) is 5.30. The molecule has 5 nitrogen and oxygen atoms in total. The van der Waals surface area contributed by atoms with Gasteiger partial charge in [-0.2, -0.15) is 13.8 Å². The number of fused-ring (bicyclic) bond motifs is 1. The lowest BCUT2D eigenvalue weighted by Crippen LogP contribution is -2.22. The molecule has 0 spiro atoms. The molecular weight excluding hydrogens is 294 g/mol. The van der Waals surface area contributed by atoms with E-state index in [1.54, 1.807) is 0 Å². The Kier molecular flexibility index (Phi) is 3.58.